The molecule has 0 spiro atoms. The molecule has 0 saturated heterocycles. The number of nitrogens with zero attached hydrogens (tertiary/aromatic N) is 8. The predicted octanol–water partition coefficient (Wildman–Crippen LogP) is 3.54. The maximum Gasteiger partial charge on any atom is 2.00 e. The monoisotopic (exact) mass is 690 g/mol. The fourth-order valence-corrected chi connectivity index (χ4v) is 3.14. The van der Waals surface area contributed by atoms with E-state index in [0.29, 0.717) is 33.9 Å². The zero-order chi connectivity index (χ0) is 27.3. The quantitative estimate of drug-likeness (QED) is 0.131. The topological polar surface area (TPSA) is 147 Å². The van der Waals surface area contributed by atoms with Crippen molar-refractivity contribution in [2.24, 2.45) is 20.4 Å². The molecule has 0 aliphatic carbocycles. The summed E-state index contributed by atoms with van der Waals surface area (Å²) in [7, 11) is 0. The molecular weight excluding hydrogens is 672 g/mol. The molecule has 0 bridgehead atoms. The van der Waals surface area contributed by atoms with E-state index in [1.807, 2.05) is 0 Å². The molecule has 0 saturated carbocycles. The van der Waals surface area contributed by atoms with E-state index in [2.05, 4.69) is 72.2 Å². The Morgan fingerprint density at radius 2 is 0.949 bits per heavy atom. The number of aromatic nitrogens is 4. The summed E-state index contributed by atoms with van der Waals surface area (Å²) in [5, 5.41) is 38.6. The molecule has 2 aromatic heterocycles. The Labute approximate surface area is 252 Å². The zero-order valence-corrected chi connectivity index (χ0v) is 24.9. The minimum Gasteiger partial charge on any atom is -0.857 e. The van der Waals surface area contributed by atoms with Crippen molar-refractivity contribution < 1.29 is 27.3 Å². The van der Waals surface area contributed by atoms with Gasteiger partial charge in [0.1, 0.15) is 11.4 Å². The molecule has 198 valence electrons. The predicted molar refractivity (Wildman–Crippen MR) is 150 cm³/mol. The molecule has 4 rings (SSSR count). The Kier molecular flexibility index (Phi) is 13.2. The van der Waals surface area contributed by atoms with Crippen LogP contribution in [0.3, 0.4) is 0 Å². The van der Waals surface area contributed by atoms with Crippen LogP contribution in [-0.4, -0.2) is 43.2 Å². The molecule has 0 aliphatic rings. The van der Waals surface area contributed by atoms with Crippen LogP contribution >= 0.6 is 31.9 Å². The number of hydrogen-bond acceptors (Lipinski definition) is 10. The van der Waals surface area contributed by atoms with Crippen LogP contribution in [0.2, 0.25) is 0 Å². The van der Waals surface area contributed by atoms with Crippen molar-refractivity contribution >= 4 is 55.1 Å². The van der Waals surface area contributed by atoms with Crippen LogP contribution in [0.15, 0.2) is 115 Å². The van der Waals surface area contributed by atoms with Gasteiger partial charge in [-0.1, -0.05) is 56.1 Å². The van der Waals surface area contributed by atoms with Gasteiger partial charge in [0.05, 0.1) is 23.8 Å². The summed E-state index contributed by atoms with van der Waals surface area (Å²) in [5.41, 5.74) is 3.24. The van der Waals surface area contributed by atoms with Crippen molar-refractivity contribution in [2.75, 3.05) is 0 Å². The fraction of sp³-hybridized carbons (Fsp3) is 0.0769. The van der Waals surface area contributed by atoms with E-state index in [4.69, 9.17) is 0 Å². The van der Waals surface area contributed by atoms with Gasteiger partial charge in [-0.15, -0.1) is 0 Å². The summed E-state index contributed by atoms with van der Waals surface area (Å²) in [5.74, 6) is -0.786. The average Bonchev–Trinajstić information content (AvgIpc) is 2.96. The molecule has 0 N–H and O–H groups in total. The first kappa shape index (κ1) is 31.6. The van der Waals surface area contributed by atoms with E-state index < -0.39 is 11.8 Å². The van der Waals surface area contributed by atoms with Crippen molar-refractivity contribution in [1.29, 1.82) is 0 Å². The largest absolute Gasteiger partial charge is 2.00 e. The van der Waals surface area contributed by atoms with Gasteiger partial charge in [-0.2, -0.15) is 20.4 Å². The number of benzene rings is 2. The van der Waals surface area contributed by atoms with Gasteiger partial charge in [0, 0.05) is 45.5 Å². The fourth-order valence-electron chi connectivity index (χ4n) is 2.62. The van der Waals surface area contributed by atoms with Crippen LogP contribution in [0.1, 0.15) is 36.4 Å². The second-order valence-electron chi connectivity index (χ2n) is 7.38. The van der Waals surface area contributed by atoms with Gasteiger partial charge >= 0.3 is 17.1 Å². The summed E-state index contributed by atoms with van der Waals surface area (Å²) < 4.78 is 1.81. The first-order valence-corrected chi connectivity index (χ1v) is 12.5. The first-order valence-electron chi connectivity index (χ1n) is 11.0. The maximum absolute atomic E-state index is 11.8. The van der Waals surface area contributed by atoms with Crippen LogP contribution in [0, 0.1) is 0 Å². The molecule has 0 amide bonds. The molecule has 4 aromatic rings. The number of halogens is 2. The minimum atomic E-state index is -0.393. The third-order valence-corrected chi connectivity index (χ3v) is 5.69. The Morgan fingerprint density at radius 3 is 1.26 bits per heavy atom. The van der Waals surface area contributed by atoms with E-state index >= 15 is 0 Å². The van der Waals surface area contributed by atoms with Crippen molar-refractivity contribution in [2.45, 2.75) is 13.8 Å². The van der Waals surface area contributed by atoms with Gasteiger partial charge < -0.3 is 10.2 Å². The zero-order valence-electron chi connectivity index (χ0n) is 20.6. The van der Waals surface area contributed by atoms with Gasteiger partial charge in [0.2, 0.25) is 0 Å². The van der Waals surface area contributed by atoms with Crippen LogP contribution in [0.5, 0.6) is 0 Å². The summed E-state index contributed by atoms with van der Waals surface area (Å²) in [6, 6.07) is 13.9. The first-order chi connectivity index (χ1) is 18.3. The molecular formula is C26H20Br2FeN8O2. The Bertz CT molecular complexity index is 1340. The van der Waals surface area contributed by atoms with Crippen molar-refractivity contribution in [1.82, 2.24) is 19.9 Å². The summed E-state index contributed by atoms with van der Waals surface area (Å²) >= 11 is 6.61. The van der Waals surface area contributed by atoms with Gasteiger partial charge in [0.25, 0.3) is 0 Å². The maximum atomic E-state index is 11.8. The molecule has 0 atom stereocenters. The van der Waals surface area contributed by atoms with Gasteiger partial charge in [0.15, 0.2) is 0 Å². The standard InChI is InChI=1S/2C13H11BrN4O.Fe/c2*1-9(12-8-15-6-7-16-12)17-18-13(19)10-2-4-11(14)5-3-10;/h2*2-8H,1H3,(H,18,19);/q;;+2/p-2/b2*17-9+;. The van der Waals surface area contributed by atoms with Crippen molar-refractivity contribution in [3.8, 4) is 0 Å². The van der Waals surface area contributed by atoms with Crippen LogP contribution in [0.25, 0.3) is 0 Å². The Morgan fingerprint density at radius 1 is 0.590 bits per heavy atom. The molecule has 2 aromatic carbocycles. The van der Waals surface area contributed by atoms with Crippen LogP contribution < -0.4 is 10.2 Å². The normalized spacial score (nSPS) is 12.2. The molecule has 0 aliphatic heterocycles. The average molecular weight is 692 g/mol. The van der Waals surface area contributed by atoms with E-state index in [-0.39, 0.29) is 17.1 Å². The van der Waals surface area contributed by atoms with E-state index in [1.54, 1.807) is 99.6 Å². The molecule has 13 heteroatoms. The Hall–Kier alpha value is -3.64. The number of rotatable bonds is 6. The van der Waals surface area contributed by atoms with Crippen molar-refractivity contribution in [3.63, 3.8) is 0 Å². The molecule has 0 fully saturated rings. The summed E-state index contributed by atoms with van der Waals surface area (Å²) in [6.07, 6.45) is 9.40. The molecule has 39 heavy (non-hydrogen) atoms. The Balaban J connectivity index is 0.000000267. The van der Waals surface area contributed by atoms with Gasteiger partial charge in [-0.05, 0) is 49.2 Å². The van der Waals surface area contributed by atoms with Crippen molar-refractivity contribution in [3.05, 3.63) is 117 Å². The summed E-state index contributed by atoms with van der Waals surface area (Å²) in [4.78, 5) is 16.0. The van der Waals surface area contributed by atoms with Crippen LogP contribution in [-0.2, 0) is 17.1 Å². The molecule has 0 radical (unpaired) electrons. The SMILES string of the molecule is C/C(=N\N=C(/[O-])c1ccc(Br)cc1)c1cnccn1.C/C(=N\N=C(/[O-])c1ccc(Br)cc1)c1cnccn1.[Fe+2]. The van der Waals surface area contributed by atoms with E-state index in [9.17, 15) is 10.2 Å². The summed E-state index contributed by atoms with van der Waals surface area (Å²) in [6.45, 7) is 3.45. The smallest absolute Gasteiger partial charge is 0.857 e. The molecule has 2 heterocycles. The minimum absolute atomic E-state index is 0. The molecule has 0 unspecified atom stereocenters. The second-order valence-corrected chi connectivity index (χ2v) is 9.21. The van der Waals surface area contributed by atoms with Gasteiger partial charge in [-0.3, -0.25) is 19.9 Å². The second kappa shape index (κ2) is 16.4. The van der Waals surface area contributed by atoms with E-state index in [0.717, 1.165) is 8.95 Å². The third kappa shape index (κ3) is 10.6. The van der Waals surface area contributed by atoms with Gasteiger partial charge in [-0.25, -0.2) is 0 Å². The van der Waals surface area contributed by atoms with E-state index in [1.165, 1.54) is 0 Å². The van der Waals surface area contributed by atoms with Crippen LogP contribution in [0.4, 0.5) is 0 Å². The number of hydrogen-bond donors (Lipinski definition) is 0. The molecule has 10 nitrogen and oxygen atoms in total. The third-order valence-electron chi connectivity index (χ3n) is 4.63.